The van der Waals surface area contributed by atoms with Gasteiger partial charge in [0.05, 0.1) is 23.3 Å². The van der Waals surface area contributed by atoms with Gasteiger partial charge in [0.2, 0.25) is 5.91 Å². The van der Waals surface area contributed by atoms with Crippen LogP contribution in [-0.4, -0.2) is 15.5 Å². The standard InChI is InChI=1S/C19H16F3N3O/c20-19(21,22)15-8-6-14(7-9-15)18-17(13-4-2-1-3-5-13)24-12-25(18)11-10-16(23)26/h1-9,12H,10-11H2,(H2,23,26). The summed E-state index contributed by atoms with van der Waals surface area (Å²) in [5, 5.41) is 0. The molecule has 2 aromatic carbocycles. The number of primary amides is 1. The van der Waals surface area contributed by atoms with Crippen molar-refractivity contribution in [3.63, 3.8) is 0 Å². The summed E-state index contributed by atoms with van der Waals surface area (Å²) in [4.78, 5) is 15.5. The Balaban J connectivity index is 2.07. The summed E-state index contributed by atoms with van der Waals surface area (Å²) in [7, 11) is 0. The summed E-state index contributed by atoms with van der Waals surface area (Å²) in [5.74, 6) is -0.460. The van der Waals surface area contributed by atoms with Crippen molar-refractivity contribution in [2.45, 2.75) is 19.1 Å². The van der Waals surface area contributed by atoms with Crippen LogP contribution in [0.4, 0.5) is 13.2 Å². The van der Waals surface area contributed by atoms with Crippen LogP contribution in [0.15, 0.2) is 60.9 Å². The normalized spacial score (nSPS) is 11.5. The van der Waals surface area contributed by atoms with E-state index in [1.165, 1.54) is 12.1 Å². The van der Waals surface area contributed by atoms with Crippen LogP contribution in [0.25, 0.3) is 22.5 Å². The smallest absolute Gasteiger partial charge is 0.370 e. The summed E-state index contributed by atoms with van der Waals surface area (Å²) >= 11 is 0. The van der Waals surface area contributed by atoms with E-state index in [1.807, 2.05) is 30.3 Å². The number of aromatic nitrogens is 2. The fourth-order valence-corrected chi connectivity index (χ4v) is 2.71. The van der Waals surface area contributed by atoms with Crippen LogP contribution >= 0.6 is 0 Å². The maximum absolute atomic E-state index is 12.8. The second kappa shape index (κ2) is 7.03. The third-order valence-electron chi connectivity index (χ3n) is 3.97. The SMILES string of the molecule is NC(=O)CCn1cnc(-c2ccccc2)c1-c1ccc(C(F)(F)F)cc1. The van der Waals surface area contributed by atoms with Crippen molar-refractivity contribution in [1.29, 1.82) is 0 Å². The first-order valence-corrected chi connectivity index (χ1v) is 7.93. The molecule has 0 saturated carbocycles. The highest BCUT2D eigenvalue weighted by Crippen LogP contribution is 2.34. The van der Waals surface area contributed by atoms with Crippen LogP contribution in [0.3, 0.4) is 0 Å². The van der Waals surface area contributed by atoms with Gasteiger partial charge in [0.1, 0.15) is 0 Å². The van der Waals surface area contributed by atoms with Crippen molar-refractivity contribution in [2.75, 3.05) is 0 Å². The second-order valence-electron chi connectivity index (χ2n) is 5.79. The van der Waals surface area contributed by atoms with Crippen LogP contribution in [0.5, 0.6) is 0 Å². The molecule has 0 aliphatic heterocycles. The number of halogens is 3. The van der Waals surface area contributed by atoms with E-state index in [-0.39, 0.29) is 6.42 Å². The number of imidazole rings is 1. The van der Waals surface area contributed by atoms with E-state index in [4.69, 9.17) is 5.73 Å². The van der Waals surface area contributed by atoms with Gasteiger partial charge in [-0.2, -0.15) is 13.2 Å². The van der Waals surface area contributed by atoms with Gasteiger partial charge in [0.25, 0.3) is 0 Å². The lowest BCUT2D eigenvalue weighted by atomic mass is 10.0. The molecule has 0 atom stereocenters. The predicted molar refractivity (Wildman–Crippen MR) is 91.9 cm³/mol. The van der Waals surface area contributed by atoms with Crippen molar-refractivity contribution in [3.05, 3.63) is 66.5 Å². The minimum Gasteiger partial charge on any atom is -0.370 e. The molecular formula is C19H16F3N3O. The largest absolute Gasteiger partial charge is 0.416 e. The molecule has 134 valence electrons. The van der Waals surface area contributed by atoms with E-state index < -0.39 is 17.6 Å². The van der Waals surface area contributed by atoms with Gasteiger partial charge in [0, 0.05) is 24.1 Å². The molecule has 7 heteroatoms. The molecular weight excluding hydrogens is 343 g/mol. The molecule has 0 unspecified atom stereocenters. The van der Waals surface area contributed by atoms with Gasteiger partial charge in [-0.1, -0.05) is 42.5 Å². The second-order valence-corrected chi connectivity index (χ2v) is 5.79. The molecule has 0 aliphatic carbocycles. The van der Waals surface area contributed by atoms with Gasteiger partial charge < -0.3 is 10.3 Å². The highest BCUT2D eigenvalue weighted by Gasteiger charge is 2.30. The van der Waals surface area contributed by atoms with Crippen LogP contribution in [0, 0.1) is 0 Å². The Bertz CT molecular complexity index is 900. The van der Waals surface area contributed by atoms with Crippen molar-refractivity contribution in [3.8, 4) is 22.5 Å². The third kappa shape index (κ3) is 3.77. The molecule has 0 bridgehead atoms. The lowest BCUT2D eigenvalue weighted by Crippen LogP contribution is -2.14. The number of carbonyl (C=O) groups is 1. The summed E-state index contributed by atoms with van der Waals surface area (Å²) in [5.41, 5.74) is 7.19. The molecule has 2 N–H and O–H groups in total. The number of nitrogens with zero attached hydrogens (tertiary/aromatic N) is 2. The molecule has 0 saturated heterocycles. The molecule has 1 heterocycles. The lowest BCUT2D eigenvalue weighted by molar-refractivity contribution is -0.137. The maximum Gasteiger partial charge on any atom is 0.416 e. The number of hydrogen-bond acceptors (Lipinski definition) is 2. The first-order valence-electron chi connectivity index (χ1n) is 7.93. The monoisotopic (exact) mass is 359 g/mol. The van der Waals surface area contributed by atoms with Crippen LogP contribution in [0.1, 0.15) is 12.0 Å². The summed E-state index contributed by atoms with van der Waals surface area (Å²) in [6, 6.07) is 14.2. The molecule has 3 aromatic rings. The van der Waals surface area contributed by atoms with Gasteiger partial charge in [-0.05, 0) is 12.1 Å². The topological polar surface area (TPSA) is 60.9 Å². The van der Waals surface area contributed by atoms with Gasteiger partial charge in [-0.3, -0.25) is 4.79 Å². The van der Waals surface area contributed by atoms with E-state index in [0.29, 0.717) is 23.5 Å². The van der Waals surface area contributed by atoms with Crippen LogP contribution in [0.2, 0.25) is 0 Å². The Morgan fingerprint density at radius 3 is 2.23 bits per heavy atom. The Morgan fingerprint density at radius 1 is 1.00 bits per heavy atom. The third-order valence-corrected chi connectivity index (χ3v) is 3.97. The van der Waals surface area contributed by atoms with Crippen molar-refractivity contribution >= 4 is 5.91 Å². The molecule has 1 amide bonds. The minimum absolute atomic E-state index is 0.109. The van der Waals surface area contributed by atoms with Crippen molar-refractivity contribution in [2.24, 2.45) is 5.73 Å². The Labute approximate surface area is 148 Å². The van der Waals surface area contributed by atoms with E-state index >= 15 is 0 Å². The summed E-state index contributed by atoms with van der Waals surface area (Å²) in [6.45, 7) is 0.297. The first kappa shape index (κ1) is 17.7. The van der Waals surface area contributed by atoms with Crippen molar-refractivity contribution < 1.29 is 18.0 Å². The van der Waals surface area contributed by atoms with Crippen LogP contribution in [-0.2, 0) is 17.5 Å². The van der Waals surface area contributed by atoms with Gasteiger partial charge >= 0.3 is 6.18 Å². The van der Waals surface area contributed by atoms with E-state index in [2.05, 4.69) is 4.98 Å². The number of rotatable bonds is 5. The molecule has 0 radical (unpaired) electrons. The highest BCUT2D eigenvalue weighted by molar-refractivity contribution is 5.79. The lowest BCUT2D eigenvalue weighted by Gasteiger charge is -2.12. The van der Waals surface area contributed by atoms with Gasteiger partial charge in [0.15, 0.2) is 0 Å². The molecule has 26 heavy (non-hydrogen) atoms. The quantitative estimate of drug-likeness (QED) is 0.745. The van der Waals surface area contributed by atoms with E-state index in [9.17, 15) is 18.0 Å². The molecule has 0 fully saturated rings. The number of alkyl halides is 3. The Morgan fingerprint density at radius 2 is 1.65 bits per heavy atom. The van der Waals surface area contributed by atoms with Crippen molar-refractivity contribution in [1.82, 2.24) is 9.55 Å². The summed E-state index contributed by atoms with van der Waals surface area (Å²) < 4.78 is 40.2. The highest BCUT2D eigenvalue weighted by atomic mass is 19.4. The molecule has 3 rings (SSSR count). The van der Waals surface area contributed by atoms with Gasteiger partial charge in [-0.25, -0.2) is 4.98 Å². The average Bonchev–Trinajstić information content (AvgIpc) is 3.04. The number of benzene rings is 2. The fraction of sp³-hybridized carbons (Fsp3) is 0.158. The predicted octanol–water partition coefficient (Wildman–Crippen LogP) is 4.11. The van der Waals surface area contributed by atoms with Gasteiger partial charge in [-0.15, -0.1) is 0 Å². The number of carbonyl (C=O) groups excluding carboxylic acids is 1. The molecule has 0 aliphatic rings. The zero-order chi connectivity index (χ0) is 18.7. The van der Waals surface area contributed by atoms with E-state index in [1.54, 1.807) is 10.9 Å². The fourth-order valence-electron chi connectivity index (χ4n) is 2.71. The zero-order valence-corrected chi connectivity index (χ0v) is 13.7. The Hall–Kier alpha value is -3.09. The average molecular weight is 359 g/mol. The minimum atomic E-state index is -4.40. The molecule has 1 aromatic heterocycles. The first-order chi connectivity index (χ1) is 12.4. The number of nitrogens with two attached hydrogens (primary N) is 1. The summed E-state index contributed by atoms with van der Waals surface area (Å²) in [6.07, 6.45) is -2.72. The maximum atomic E-state index is 12.8. The molecule has 4 nitrogen and oxygen atoms in total. The Kier molecular flexibility index (Phi) is 4.79. The molecule has 0 spiro atoms. The number of amides is 1. The number of aryl methyl sites for hydroxylation is 1. The number of hydrogen-bond donors (Lipinski definition) is 1. The zero-order valence-electron chi connectivity index (χ0n) is 13.7. The van der Waals surface area contributed by atoms with E-state index in [0.717, 1.165) is 17.7 Å². The van der Waals surface area contributed by atoms with Crippen LogP contribution < -0.4 is 5.73 Å².